The number of carbonyl (C=O) groups is 1. The third-order valence-electron chi connectivity index (χ3n) is 1.81. The van der Waals surface area contributed by atoms with E-state index >= 15 is 0 Å². The van der Waals surface area contributed by atoms with Crippen LogP contribution in [0.1, 0.15) is 19.3 Å². The molecule has 0 bridgehead atoms. The fourth-order valence-corrected chi connectivity index (χ4v) is 1.07. The molecule has 0 aliphatic carbocycles. The van der Waals surface area contributed by atoms with Gasteiger partial charge in [0.25, 0.3) is 0 Å². The van der Waals surface area contributed by atoms with Gasteiger partial charge < -0.3 is 16.6 Å². The highest BCUT2D eigenvalue weighted by Crippen LogP contribution is 2.25. The minimum absolute atomic E-state index is 0. The van der Waals surface area contributed by atoms with E-state index in [4.69, 9.17) is 51.4 Å². The minimum atomic E-state index is -1.68. The van der Waals surface area contributed by atoms with Gasteiger partial charge in [-0.1, -0.05) is 34.8 Å². The number of unbranched alkanes of at least 4 members (excludes halogenated alkanes) is 1. The predicted molar refractivity (Wildman–Crippen MR) is 80.7 cm³/mol. The minimum Gasteiger partial charge on any atom is -0.480 e. The van der Waals surface area contributed by atoms with Crippen molar-refractivity contribution < 1.29 is 9.90 Å². The Kier molecular flexibility index (Phi) is 14.6. The molecule has 0 radical (unpaired) electrons. The molecule has 0 unspecified atom stereocenters. The van der Waals surface area contributed by atoms with Gasteiger partial charge in [0.05, 0.1) is 0 Å². The monoisotopic (exact) mass is 361 g/mol. The van der Waals surface area contributed by atoms with Crippen molar-refractivity contribution in [1.82, 2.24) is 0 Å². The number of carboxylic acid groups (broad SMARTS) is 1. The Morgan fingerprint density at radius 1 is 1.28 bits per heavy atom. The SMILES string of the molecule is Cl.Cl.NC(=NCCCC[C@H](N)C(=O)O)C(Cl)(Cl)Cl. The summed E-state index contributed by atoms with van der Waals surface area (Å²) in [7, 11) is 0. The Morgan fingerprint density at radius 3 is 2.17 bits per heavy atom. The van der Waals surface area contributed by atoms with E-state index in [2.05, 4.69) is 4.99 Å². The van der Waals surface area contributed by atoms with Crippen LogP contribution in [0.2, 0.25) is 0 Å². The molecule has 0 saturated carbocycles. The average molecular weight is 363 g/mol. The predicted octanol–water partition coefficient (Wildman–Crippen LogP) is 2.14. The van der Waals surface area contributed by atoms with E-state index in [1.807, 2.05) is 0 Å². The van der Waals surface area contributed by atoms with Crippen molar-refractivity contribution >= 4 is 71.4 Å². The number of nitrogens with zero attached hydrogens (tertiary/aromatic N) is 1. The third-order valence-corrected chi connectivity index (χ3v) is 2.39. The van der Waals surface area contributed by atoms with Crippen LogP contribution in [0.4, 0.5) is 0 Å². The molecule has 0 aromatic rings. The average Bonchev–Trinajstić information content (AvgIpc) is 2.14. The van der Waals surface area contributed by atoms with Gasteiger partial charge in [0.15, 0.2) is 0 Å². The topological polar surface area (TPSA) is 102 Å². The molecule has 5 nitrogen and oxygen atoms in total. The Labute approximate surface area is 133 Å². The number of amidine groups is 1. The molecule has 10 heteroatoms. The molecular weight excluding hydrogens is 347 g/mol. The Balaban J connectivity index is -0.00000112. The van der Waals surface area contributed by atoms with Crippen LogP contribution in [0.15, 0.2) is 4.99 Å². The number of carboxylic acids is 1. The van der Waals surface area contributed by atoms with Crippen LogP contribution < -0.4 is 11.5 Å². The molecule has 0 rings (SSSR count). The lowest BCUT2D eigenvalue weighted by Crippen LogP contribution is -2.30. The summed E-state index contributed by atoms with van der Waals surface area (Å²) in [4.78, 5) is 14.2. The summed E-state index contributed by atoms with van der Waals surface area (Å²) in [5.74, 6) is -1.08. The van der Waals surface area contributed by atoms with Gasteiger partial charge in [-0.15, -0.1) is 24.8 Å². The van der Waals surface area contributed by atoms with E-state index < -0.39 is 15.8 Å². The molecule has 1 atom stereocenters. The summed E-state index contributed by atoms with van der Waals surface area (Å²) in [6.07, 6.45) is 1.66. The maximum absolute atomic E-state index is 10.4. The number of aliphatic imine (C=N–C) groups is 1. The number of aliphatic carboxylic acids is 1. The summed E-state index contributed by atoms with van der Waals surface area (Å²) >= 11 is 16.4. The molecule has 0 aliphatic rings. The van der Waals surface area contributed by atoms with Gasteiger partial charge in [-0.2, -0.15) is 0 Å². The Morgan fingerprint density at radius 2 is 1.78 bits per heavy atom. The van der Waals surface area contributed by atoms with Crippen LogP contribution in [-0.2, 0) is 4.79 Å². The highest BCUT2D eigenvalue weighted by molar-refractivity contribution is 6.76. The van der Waals surface area contributed by atoms with Crippen LogP contribution in [0, 0.1) is 0 Å². The molecule has 0 aromatic carbocycles. The van der Waals surface area contributed by atoms with Crippen molar-refractivity contribution in [3.05, 3.63) is 0 Å². The number of rotatable bonds is 6. The molecule has 0 aromatic heterocycles. The summed E-state index contributed by atoms with van der Waals surface area (Å²) < 4.78 is -1.68. The van der Waals surface area contributed by atoms with Crippen LogP contribution >= 0.6 is 59.6 Å². The fourth-order valence-electron chi connectivity index (χ4n) is 0.889. The normalized spacial score (nSPS) is 13.2. The number of halogens is 5. The maximum Gasteiger partial charge on any atom is 0.320 e. The second kappa shape index (κ2) is 11.2. The van der Waals surface area contributed by atoms with Gasteiger partial charge in [-0.25, -0.2) is 0 Å². The molecule has 0 aliphatic heterocycles. The lowest BCUT2D eigenvalue weighted by atomic mass is 10.1. The van der Waals surface area contributed by atoms with Crippen LogP contribution in [0.5, 0.6) is 0 Å². The van der Waals surface area contributed by atoms with Crippen molar-refractivity contribution in [3.63, 3.8) is 0 Å². The van der Waals surface area contributed by atoms with Gasteiger partial charge in [-0.05, 0) is 19.3 Å². The van der Waals surface area contributed by atoms with Crippen LogP contribution in [0.3, 0.4) is 0 Å². The van der Waals surface area contributed by atoms with Crippen molar-refractivity contribution in [3.8, 4) is 0 Å². The van der Waals surface area contributed by atoms with Gasteiger partial charge in [0, 0.05) is 6.54 Å². The lowest BCUT2D eigenvalue weighted by molar-refractivity contribution is -0.138. The quantitative estimate of drug-likeness (QED) is 0.291. The summed E-state index contributed by atoms with van der Waals surface area (Å²) in [6, 6.07) is -0.838. The van der Waals surface area contributed by atoms with E-state index in [9.17, 15) is 4.79 Å². The summed E-state index contributed by atoms with van der Waals surface area (Å²) in [6.45, 7) is 0.381. The molecule has 0 spiro atoms. The zero-order chi connectivity index (χ0) is 12.8. The highest BCUT2D eigenvalue weighted by Gasteiger charge is 2.24. The molecule has 0 amide bonds. The smallest absolute Gasteiger partial charge is 0.320 e. The van der Waals surface area contributed by atoms with Crippen molar-refractivity contribution in [2.24, 2.45) is 16.5 Å². The molecule has 18 heavy (non-hydrogen) atoms. The molecule has 0 heterocycles. The Bertz CT molecular complexity index is 270. The van der Waals surface area contributed by atoms with Crippen LogP contribution in [-0.4, -0.2) is 33.3 Å². The second-order valence-corrected chi connectivity index (χ2v) is 5.49. The van der Waals surface area contributed by atoms with E-state index in [1.165, 1.54) is 0 Å². The van der Waals surface area contributed by atoms with Crippen molar-refractivity contribution in [1.29, 1.82) is 0 Å². The standard InChI is InChI=1S/C8H14Cl3N3O2.2ClH/c9-8(10,11)7(13)14-4-2-1-3-5(12)6(15)16;;/h5H,1-4,12H2,(H2,13,14)(H,15,16);2*1H/t5-;;/m0../s1. The van der Waals surface area contributed by atoms with Crippen molar-refractivity contribution in [2.75, 3.05) is 6.54 Å². The number of hydrogen-bond acceptors (Lipinski definition) is 3. The first kappa shape index (κ1) is 23.4. The van der Waals surface area contributed by atoms with Crippen molar-refractivity contribution in [2.45, 2.75) is 29.1 Å². The van der Waals surface area contributed by atoms with E-state index in [0.29, 0.717) is 25.8 Å². The first-order chi connectivity index (χ1) is 7.25. The molecule has 0 saturated heterocycles. The van der Waals surface area contributed by atoms with E-state index in [0.717, 1.165) is 0 Å². The molecule has 110 valence electrons. The highest BCUT2D eigenvalue weighted by atomic mass is 35.6. The molecular formula is C8H16Cl5N3O2. The van der Waals surface area contributed by atoms with Gasteiger partial charge >= 0.3 is 5.97 Å². The molecule has 5 N–H and O–H groups in total. The van der Waals surface area contributed by atoms with E-state index in [1.54, 1.807) is 0 Å². The third kappa shape index (κ3) is 11.4. The van der Waals surface area contributed by atoms with Gasteiger partial charge in [0.2, 0.25) is 3.79 Å². The fraction of sp³-hybridized carbons (Fsp3) is 0.750. The maximum atomic E-state index is 10.4. The number of nitrogens with two attached hydrogens (primary N) is 2. The Hall–Kier alpha value is 0.350. The summed E-state index contributed by atoms with van der Waals surface area (Å²) in [5, 5.41) is 8.51. The van der Waals surface area contributed by atoms with Gasteiger partial charge in [-0.3, -0.25) is 9.79 Å². The zero-order valence-corrected chi connectivity index (χ0v) is 13.2. The number of hydrogen-bond donors (Lipinski definition) is 3. The summed E-state index contributed by atoms with van der Waals surface area (Å²) in [5.41, 5.74) is 10.7. The van der Waals surface area contributed by atoms with Crippen LogP contribution in [0.25, 0.3) is 0 Å². The van der Waals surface area contributed by atoms with E-state index in [-0.39, 0.29) is 30.6 Å². The lowest BCUT2D eigenvalue weighted by Gasteiger charge is -2.09. The largest absolute Gasteiger partial charge is 0.480 e. The first-order valence-electron chi connectivity index (χ1n) is 4.60. The molecule has 0 fully saturated rings. The first-order valence-corrected chi connectivity index (χ1v) is 5.74. The zero-order valence-electron chi connectivity index (χ0n) is 9.31. The number of alkyl halides is 3. The second-order valence-electron chi connectivity index (χ2n) is 3.21. The van der Waals surface area contributed by atoms with Gasteiger partial charge in [0.1, 0.15) is 11.9 Å².